The normalized spacial score (nSPS) is 10.7. The smallest absolute Gasteiger partial charge is 0.128 e. The number of hydrazone groups is 1. The molecule has 0 amide bonds. The largest absolute Gasteiger partial charge is 0.496 e. The highest BCUT2D eigenvalue weighted by Crippen LogP contribution is 2.21. The third kappa shape index (κ3) is 5.18. The van der Waals surface area contributed by atoms with Crippen LogP contribution in [0.4, 0.5) is 0 Å². The van der Waals surface area contributed by atoms with Crippen LogP contribution in [0.3, 0.4) is 0 Å². The second-order valence-electron chi connectivity index (χ2n) is 4.94. The van der Waals surface area contributed by atoms with Crippen LogP contribution in [0, 0.1) is 0 Å². The summed E-state index contributed by atoms with van der Waals surface area (Å²) in [5, 5.41) is 4.91. The molecule has 1 N–H and O–H groups in total. The van der Waals surface area contributed by atoms with Gasteiger partial charge < -0.3 is 14.9 Å². The molecule has 0 radical (unpaired) electrons. The van der Waals surface area contributed by atoms with Crippen molar-refractivity contribution in [1.82, 2.24) is 5.43 Å². The van der Waals surface area contributed by atoms with Crippen LogP contribution in [0.2, 0.25) is 5.02 Å². The molecule has 0 aliphatic rings. The highest BCUT2D eigenvalue weighted by atomic mass is 35.5. The monoisotopic (exact) mass is 332 g/mol. The van der Waals surface area contributed by atoms with Gasteiger partial charge in [-0.25, -0.2) is 0 Å². The van der Waals surface area contributed by atoms with Gasteiger partial charge in [0.2, 0.25) is 0 Å². The van der Waals surface area contributed by atoms with Crippen LogP contribution in [0.5, 0.6) is 11.5 Å². The molecule has 0 aliphatic carbocycles. The summed E-state index contributed by atoms with van der Waals surface area (Å²) in [5.41, 5.74) is 4.91. The first-order valence-corrected chi connectivity index (χ1v) is 7.92. The van der Waals surface area contributed by atoms with E-state index >= 15 is 0 Å². The van der Waals surface area contributed by atoms with Gasteiger partial charge in [0.1, 0.15) is 11.5 Å². The predicted octanol–water partition coefficient (Wildman–Crippen LogP) is 4.26. The third-order valence-corrected chi connectivity index (χ3v) is 3.43. The van der Waals surface area contributed by atoms with Gasteiger partial charge in [-0.1, -0.05) is 36.7 Å². The Labute approximate surface area is 142 Å². The van der Waals surface area contributed by atoms with E-state index in [1.807, 2.05) is 42.5 Å². The van der Waals surface area contributed by atoms with Crippen molar-refractivity contribution in [2.45, 2.75) is 19.9 Å². The van der Waals surface area contributed by atoms with Crippen molar-refractivity contribution in [3.05, 3.63) is 58.6 Å². The molecule has 0 aliphatic heterocycles. The Balaban J connectivity index is 2.01. The van der Waals surface area contributed by atoms with E-state index in [0.717, 1.165) is 29.0 Å². The van der Waals surface area contributed by atoms with E-state index in [1.54, 1.807) is 13.3 Å². The second kappa shape index (κ2) is 9.06. The fourth-order valence-corrected chi connectivity index (χ4v) is 2.24. The molecule has 0 saturated heterocycles. The number of nitrogens with one attached hydrogen (secondary N) is 1. The fourth-order valence-electron chi connectivity index (χ4n) is 2.06. The van der Waals surface area contributed by atoms with Crippen molar-refractivity contribution < 1.29 is 9.47 Å². The van der Waals surface area contributed by atoms with E-state index in [0.29, 0.717) is 18.2 Å². The molecule has 0 unspecified atom stereocenters. The number of nitrogens with zero attached hydrogens (tertiary/aromatic N) is 1. The van der Waals surface area contributed by atoms with Crippen LogP contribution >= 0.6 is 11.6 Å². The molecule has 0 spiro atoms. The maximum Gasteiger partial charge on any atom is 0.128 e. The zero-order chi connectivity index (χ0) is 16.5. The maximum absolute atomic E-state index is 6.04. The first-order valence-electron chi connectivity index (χ1n) is 7.54. The highest BCUT2D eigenvalue weighted by molar-refractivity contribution is 6.30. The van der Waals surface area contributed by atoms with Crippen molar-refractivity contribution in [3.63, 3.8) is 0 Å². The van der Waals surface area contributed by atoms with Crippen LogP contribution in [-0.4, -0.2) is 19.9 Å². The van der Waals surface area contributed by atoms with E-state index in [-0.39, 0.29) is 0 Å². The SMILES string of the molecule is CCCOc1ccc(Cl)cc1/C=N\NCc1ccccc1OC. The summed E-state index contributed by atoms with van der Waals surface area (Å²) < 4.78 is 11.0. The molecule has 0 heterocycles. The molecular weight excluding hydrogens is 312 g/mol. The van der Waals surface area contributed by atoms with Crippen LogP contribution < -0.4 is 14.9 Å². The van der Waals surface area contributed by atoms with Crippen molar-refractivity contribution >= 4 is 17.8 Å². The molecule has 23 heavy (non-hydrogen) atoms. The second-order valence-corrected chi connectivity index (χ2v) is 5.37. The molecule has 2 rings (SSSR count). The molecule has 0 aromatic heterocycles. The summed E-state index contributed by atoms with van der Waals surface area (Å²) in [4.78, 5) is 0. The molecular formula is C18H21ClN2O2. The minimum Gasteiger partial charge on any atom is -0.496 e. The molecule has 0 atom stereocenters. The lowest BCUT2D eigenvalue weighted by Gasteiger charge is -2.09. The average molecular weight is 333 g/mol. The summed E-state index contributed by atoms with van der Waals surface area (Å²) in [6, 6.07) is 13.3. The number of hydrogen-bond acceptors (Lipinski definition) is 4. The molecule has 5 heteroatoms. The number of para-hydroxylation sites is 1. The van der Waals surface area contributed by atoms with Crippen LogP contribution in [0.25, 0.3) is 0 Å². The molecule has 122 valence electrons. The van der Waals surface area contributed by atoms with Crippen LogP contribution in [0.1, 0.15) is 24.5 Å². The topological polar surface area (TPSA) is 42.8 Å². The Kier molecular flexibility index (Phi) is 6.76. The summed E-state index contributed by atoms with van der Waals surface area (Å²) in [6.07, 6.45) is 2.66. The Bertz CT molecular complexity index is 659. The van der Waals surface area contributed by atoms with Gasteiger partial charge in [-0.15, -0.1) is 0 Å². The summed E-state index contributed by atoms with van der Waals surface area (Å²) in [6.45, 7) is 3.31. The summed E-state index contributed by atoms with van der Waals surface area (Å²) in [5.74, 6) is 1.61. The van der Waals surface area contributed by atoms with E-state index in [4.69, 9.17) is 21.1 Å². The lowest BCUT2D eigenvalue weighted by molar-refractivity contribution is 0.317. The lowest BCUT2D eigenvalue weighted by atomic mass is 10.2. The Morgan fingerprint density at radius 1 is 1.17 bits per heavy atom. The molecule has 0 bridgehead atoms. The Hall–Kier alpha value is -2.20. The average Bonchev–Trinajstić information content (AvgIpc) is 2.58. The van der Waals surface area contributed by atoms with E-state index < -0.39 is 0 Å². The van der Waals surface area contributed by atoms with E-state index in [9.17, 15) is 0 Å². The van der Waals surface area contributed by atoms with Gasteiger partial charge in [0.05, 0.1) is 26.5 Å². The summed E-state index contributed by atoms with van der Waals surface area (Å²) >= 11 is 6.04. The zero-order valence-corrected chi connectivity index (χ0v) is 14.1. The van der Waals surface area contributed by atoms with E-state index in [1.165, 1.54) is 0 Å². The Morgan fingerprint density at radius 3 is 2.78 bits per heavy atom. The summed E-state index contributed by atoms with van der Waals surface area (Å²) in [7, 11) is 1.66. The molecule has 4 nitrogen and oxygen atoms in total. The van der Waals surface area contributed by atoms with Crippen molar-refractivity contribution in [1.29, 1.82) is 0 Å². The molecule has 0 fully saturated rings. The van der Waals surface area contributed by atoms with Crippen molar-refractivity contribution in [2.24, 2.45) is 5.10 Å². The highest BCUT2D eigenvalue weighted by Gasteiger charge is 2.03. The number of hydrogen-bond donors (Lipinski definition) is 1. The van der Waals surface area contributed by atoms with Crippen molar-refractivity contribution in [2.75, 3.05) is 13.7 Å². The number of ether oxygens (including phenoxy) is 2. The van der Waals surface area contributed by atoms with Gasteiger partial charge in [-0.3, -0.25) is 0 Å². The first-order chi connectivity index (χ1) is 11.2. The number of rotatable bonds is 8. The molecule has 0 saturated carbocycles. The van der Waals surface area contributed by atoms with Gasteiger partial charge >= 0.3 is 0 Å². The minimum absolute atomic E-state index is 0.576. The number of benzene rings is 2. The lowest BCUT2D eigenvalue weighted by Crippen LogP contribution is -2.07. The van der Waals surface area contributed by atoms with Gasteiger partial charge in [0, 0.05) is 16.1 Å². The number of halogens is 1. The van der Waals surface area contributed by atoms with Crippen molar-refractivity contribution in [3.8, 4) is 11.5 Å². The van der Waals surface area contributed by atoms with Gasteiger partial charge in [-0.2, -0.15) is 5.10 Å². The maximum atomic E-state index is 6.04. The standard InChI is InChI=1S/C18H21ClN2O2/c1-3-10-23-18-9-8-16(19)11-15(18)13-21-20-12-14-6-4-5-7-17(14)22-2/h4-9,11,13,20H,3,10,12H2,1-2H3/b21-13-. The third-order valence-electron chi connectivity index (χ3n) is 3.19. The van der Waals surface area contributed by atoms with E-state index in [2.05, 4.69) is 17.5 Å². The van der Waals surface area contributed by atoms with Gasteiger partial charge in [0.25, 0.3) is 0 Å². The zero-order valence-electron chi connectivity index (χ0n) is 13.4. The van der Waals surface area contributed by atoms with Gasteiger partial charge in [0.15, 0.2) is 0 Å². The fraction of sp³-hybridized carbons (Fsp3) is 0.278. The predicted molar refractivity (Wildman–Crippen MR) is 94.7 cm³/mol. The number of methoxy groups -OCH3 is 1. The molecule has 2 aromatic carbocycles. The minimum atomic E-state index is 0.576. The molecule has 2 aromatic rings. The van der Waals surface area contributed by atoms with Crippen LogP contribution in [0.15, 0.2) is 47.6 Å². The van der Waals surface area contributed by atoms with Gasteiger partial charge in [-0.05, 0) is 30.7 Å². The first kappa shape index (κ1) is 17.2. The van der Waals surface area contributed by atoms with Crippen LogP contribution in [-0.2, 0) is 6.54 Å². The quantitative estimate of drug-likeness (QED) is 0.580. The Morgan fingerprint density at radius 2 is 2.00 bits per heavy atom.